The highest BCUT2D eigenvalue weighted by Crippen LogP contribution is 2.40. The normalized spacial score (nSPS) is 22.7. The maximum Gasteiger partial charge on any atom is 0.433 e. The minimum Gasteiger partial charge on any atom is -0.346 e. The molecule has 4 aromatic heterocycles. The van der Waals surface area contributed by atoms with Crippen LogP contribution in [-0.2, 0) is 24.7 Å². The zero-order chi connectivity index (χ0) is 30.3. The van der Waals surface area contributed by atoms with E-state index in [1.54, 1.807) is 6.20 Å². The first-order chi connectivity index (χ1) is 21.3. The van der Waals surface area contributed by atoms with Crippen molar-refractivity contribution in [2.24, 2.45) is 5.92 Å². The van der Waals surface area contributed by atoms with E-state index in [4.69, 9.17) is 0 Å². The van der Waals surface area contributed by atoms with Crippen LogP contribution in [0.15, 0.2) is 43.1 Å². The van der Waals surface area contributed by atoms with Crippen molar-refractivity contribution in [2.45, 2.75) is 75.7 Å². The fourth-order valence-electron chi connectivity index (χ4n) is 7.46. The van der Waals surface area contributed by atoms with Crippen molar-refractivity contribution >= 4 is 11.0 Å². The van der Waals surface area contributed by atoms with Gasteiger partial charge in [-0.1, -0.05) is 0 Å². The highest BCUT2D eigenvalue weighted by atomic mass is 19.4. The number of halogens is 3. The standard InChI is InChI=1S/C32H36F3N9/c33-32(34,35)28-15-23(17-42-11-1-2-12-42)14-25(41-28)13-22-3-5-26(6-4-22)43-19-31(20-43,8-9-36)44-18-24(16-40-44)29-27-7-10-37-30(27)39-21-38-29/h7,10,14-16,18,21-22,26H,1-6,8,11-13,17,19-20H2,(H,37,38,39). The van der Waals surface area contributed by atoms with Gasteiger partial charge >= 0.3 is 6.18 Å². The van der Waals surface area contributed by atoms with Crippen LogP contribution in [0, 0.1) is 17.2 Å². The Hall–Kier alpha value is -3.82. The molecule has 1 N–H and O–H groups in total. The van der Waals surface area contributed by atoms with Gasteiger partial charge in [-0.05, 0) is 87.7 Å². The molecule has 3 fully saturated rings. The van der Waals surface area contributed by atoms with Crippen LogP contribution in [0.2, 0.25) is 0 Å². The number of nitriles is 1. The third-order valence-corrected chi connectivity index (χ3v) is 9.76. The molecule has 9 nitrogen and oxygen atoms in total. The summed E-state index contributed by atoms with van der Waals surface area (Å²) in [5, 5.41) is 15.3. The van der Waals surface area contributed by atoms with E-state index in [1.807, 2.05) is 29.2 Å². The van der Waals surface area contributed by atoms with Crippen molar-refractivity contribution < 1.29 is 13.2 Å². The van der Waals surface area contributed by atoms with Crippen LogP contribution < -0.4 is 0 Å². The van der Waals surface area contributed by atoms with Crippen LogP contribution >= 0.6 is 0 Å². The maximum absolute atomic E-state index is 13.7. The number of fused-ring (bicyclic) bond motifs is 1. The second-order valence-electron chi connectivity index (χ2n) is 12.8. The number of nitrogens with one attached hydrogen (secondary N) is 1. The Balaban J connectivity index is 0.984. The average Bonchev–Trinajstić information content (AvgIpc) is 3.77. The number of H-pyrrole nitrogens is 1. The molecule has 1 aliphatic carbocycles. The average molecular weight is 604 g/mol. The van der Waals surface area contributed by atoms with Crippen LogP contribution in [0.5, 0.6) is 0 Å². The summed E-state index contributed by atoms with van der Waals surface area (Å²) in [5.41, 5.74) is 2.58. The molecule has 44 heavy (non-hydrogen) atoms. The van der Waals surface area contributed by atoms with Gasteiger partial charge in [-0.15, -0.1) is 0 Å². The molecule has 0 unspecified atom stereocenters. The lowest BCUT2D eigenvalue weighted by Gasteiger charge is -2.53. The van der Waals surface area contributed by atoms with E-state index in [0.717, 1.165) is 87.0 Å². The van der Waals surface area contributed by atoms with Gasteiger partial charge in [0.15, 0.2) is 0 Å². The van der Waals surface area contributed by atoms with E-state index < -0.39 is 11.9 Å². The summed E-state index contributed by atoms with van der Waals surface area (Å²) in [6, 6.07) is 7.85. The quantitative estimate of drug-likeness (QED) is 0.282. The van der Waals surface area contributed by atoms with Crippen molar-refractivity contribution in [2.75, 3.05) is 26.2 Å². The van der Waals surface area contributed by atoms with Crippen molar-refractivity contribution in [1.29, 1.82) is 5.26 Å². The summed E-state index contributed by atoms with van der Waals surface area (Å²) in [5.74, 6) is 0.318. The van der Waals surface area contributed by atoms with E-state index >= 15 is 0 Å². The Kier molecular flexibility index (Phi) is 7.62. The third-order valence-electron chi connectivity index (χ3n) is 9.76. The number of aromatic amines is 1. The minimum atomic E-state index is -4.45. The minimum absolute atomic E-state index is 0.318. The van der Waals surface area contributed by atoms with Crippen LogP contribution in [0.4, 0.5) is 13.2 Å². The number of hydrogen-bond donors (Lipinski definition) is 1. The number of rotatable bonds is 8. The molecule has 7 rings (SSSR count). The lowest BCUT2D eigenvalue weighted by atomic mass is 9.78. The number of pyridine rings is 1. The van der Waals surface area contributed by atoms with E-state index in [2.05, 4.69) is 40.9 Å². The molecule has 12 heteroatoms. The molecule has 1 saturated carbocycles. The van der Waals surface area contributed by atoms with Gasteiger partial charge in [0.2, 0.25) is 0 Å². The van der Waals surface area contributed by atoms with Gasteiger partial charge in [0.25, 0.3) is 0 Å². The molecular formula is C32H36F3N9. The molecule has 0 radical (unpaired) electrons. The Morgan fingerprint density at radius 2 is 1.86 bits per heavy atom. The van der Waals surface area contributed by atoms with Gasteiger partial charge in [-0.3, -0.25) is 14.5 Å². The fraction of sp³-hybridized carbons (Fsp3) is 0.531. The molecular weight excluding hydrogens is 567 g/mol. The monoisotopic (exact) mass is 603 g/mol. The van der Waals surface area contributed by atoms with Gasteiger partial charge in [-0.25, -0.2) is 15.0 Å². The van der Waals surface area contributed by atoms with Crippen molar-refractivity contribution in [3.63, 3.8) is 0 Å². The fourth-order valence-corrected chi connectivity index (χ4v) is 7.46. The molecule has 0 bridgehead atoms. The second kappa shape index (κ2) is 11.6. The molecule has 4 aromatic rings. The van der Waals surface area contributed by atoms with Gasteiger partial charge in [0.05, 0.1) is 24.4 Å². The molecule has 0 atom stereocenters. The van der Waals surface area contributed by atoms with Gasteiger partial charge in [0, 0.05) is 54.7 Å². The predicted octanol–water partition coefficient (Wildman–Crippen LogP) is 5.56. The molecule has 0 aromatic carbocycles. The Labute approximate surface area is 254 Å². The predicted molar refractivity (Wildman–Crippen MR) is 158 cm³/mol. The Morgan fingerprint density at radius 1 is 1.07 bits per heavy atom. The topological polar surface area (TPSA) is 103 Å². The highest BCUT2D eigenvalue weighted by molar-refractivity contribution is 5.90. The molecule has 0 spiro atoms. The number of hydrogen-bond acceptors (Lipinski definition) is 7. The lowest BCUT2D eigenvalue weighted by Crippen LogP contribution is -2.65. The molecule has 2 aliphatic heterocycles. The van der Waals surface area contributed by atoms with Crippen molar-refractivity contribution in [1.82, 2.24) is 39.5 Å². The number of likely N-dealkylation sites (tertiary alicyclic amines) is 2. The summed E-state index contributed by atoms with van der Waals surface area (Å²) < 4.78 is 43.0. The van der Waals surface area contributed by atoms with Gasteiger partial charge < -0.3 is 4.98 Å². The van der Waals surface area contributed by atoms with E-state index in [0.29, 0.717) is 42.6 Å². The zero-order valence-corrected chi connectivity index (χ0v) is 24.6. The summed E-state index contributed by atoms with van der Waals surface area (Å²) in [7, 11) is 0. The lowest BCUT2D eigenvalue weighted by molar-refractivity contribution is -0.141. The van der Waals surface area contributed by atoms with E-state index in [9.17, 15) is 18.4 Å². The summed E-state index contributed by atoms with van der Waals surface area (Å²) in [6.45, 7) is 3.92. The number of nitrogens with zero attached hydrogens (tertiary/aromatic N) is 8. The molecule has 0 amide bonds. The summed E-state index contributed by atoms with van der Waals surface area (Å²) in [4.78, 5) is 20.6. The molecule has 3 aliphatic rings. The van der Waals surface area contributed by atoms with Crippen LogP contribution in [0.3, 0.4) is 0 Å². The van der Waals surface area contributed by atoms with Gasteiger partial charge in [0.1, 0.15) is 23.2 Å². The SMILES string of the molecule is N#CCC1(n2cc(-c3ncnc4[nH]ccc34)cn2)CN(C2CCC(Cc3cc(CN4CCCC4)cc(C(F)(F)F)n3)CC2)C1. The molecule has 230 valence electrons. The van der Waals surface area contributed by atoms with E-state index in [-0.39, 0.29) is 5.54 Å². The summed E-state index contributed by atoms with van der Waals surface area (Å²) >= 11 is 0. The highest BCUT2D eigenvalue weighted by Gasteiger charge is 2.48. The zero-order valence-electron chi connectivity index (χ0n) is 24.6. The molecule has 2 saturated heterocycles. The molecule has 6 heterocycles. The smallest absolute Gasteiger partial charge is 0.346 e. The van der Waals surface area contributed by atoms with Crippen molar-refractivity contribution in [3.8, 4) is 17.3 Å². The Bertz CT molecular complexity index is 1650. The first kappa shape index (κ1) is 28.9. The second-order valence-corrected chi connectivity index (χ2v) is 12.8. The third kappa shape index (κ3) is 5.71. The number of aromatic nitrogens is 6. The van der Waals surface area contributed by atoms with Gasteiger partial charge in [-0.2, -0.15) is 23.5 Å². The summed E-state index contributed by atoms with van der Waals surface area (Å²) in [6.07, 6.45) is 9.76. The largest absolute Gasteiger partial charge is 0.433 e. The first-order valence-electron chi connectivity index (χ1n) is 15.5. The van der Waals surface area contributed by atoms with Crippen LogP contribution in [0.1, 0.15) is 61.9 Å². The Morgan fingerprint density at radius 3 is 2.61 bits per heavy atom. The first-order valence-corrected chi connectivity index (χ1v) is 15.5. The van der Waals surface area contributed by atoms with Crippen LogP contribution in [0.25, 0.3) is 22.3 Å². The number of alkyl halides is 3. The van der Waals surface area contributed by atoms with E-state index in [1.165, 1.54) is 12.4 Å². The maximum atomic E-state index is 13.7. The van der Waals surface area contributed by atoms with Crippen molar-refractivity contribution in [3.05, 3.63) is 60.1 Å². The van der Waals surface area contributed by atoms with Crippen LogP contribution in [-0.4, -0.2) is 71.7 Å².